The van der Waals surface area contributed by atoms with Crippen molar-refractivity contribution in [3.05, 3.63) is 0 Å². The second kappa shape index (κ2) is 5.90. The van der Waals surface area contributed by atoms with Gasteiger partial charge in [-0.2, -0.15) is 0 Å². The quantitative estimate of drug-likeness (QED) is 0.393. The predicted octanol–water partition coefficient (Wildman–Crippen LogP) is -1.83. The first-order valence-corrected chi connectivity index (χ1v) is 5.57. The molecule has 0 amide bonds. The monoisotopic (exact) mass is 235 g/mol. The summed E-state index contributed by atoms with van der Waals surface area (Å²) in [7, 11) is 0. The van der Waals surface area contributed by atoms with Crippen LogP contribution < -0.4 is 5.32 Å². The number of aliphatic hydroxyl groups excluding tert-OH is 4. The summed E-state index contributed by atoms with van der Waals surface area (Å²) >= 11 is 0. The van der Waals surface area contributed by atoms with Gasteiger partial charge in [0.15, 0.2) is 6.29 Å². The molecule has 0 aromatic heterocycles. The Kier molecular flexibility index (Phi) is 5.10. The molecule has 6 atom stereocenters. The Morgan fingerprint density at radius 1 is 1.25 bits per heavy atom. The highest BCUT2D eigenvalue weighted by Gasteiger charge is 2.43. The van der Waals surface area contributed by atoms with E-state index in [2.05, 4.69) is 5.32 Å². The summed E-state index contributed by atoms with van der Waals surface area (Å²) in [6, 6.07) is -0.602. The Hall–Kier alpha value is -0.240. The third kappa shape index (κ3) is 2.91. The summed E-state index contributed by atoms with van der Waals surface area (Å²) in [5, 5.41) is 40.9. The molecule has 1 fully saturated rings. The molecule has 0 aromatic rings. The molecule has 16 heavy (non-hydrogen) atoms. The largest absolute Gasteiger partial charge is 0.394 e. The van der Waals surface area contributed by atoms with Crippen molar-refractivity contribution in [1.29, 1.82) is 0 Å². The molecule has 96 valence electrons. The predicted molar refractivity (Wildman–Crippen MR) is 56.7 cm³/mol. The van der Waals surface area contributed by atoms with Crippen LogP contribution in [-0.4, -0.2) is 63.7 Å². The fraction of sp³-hybridized carbons (Fsp3) is 1.00. The van der Waals surface area contributed by atoms with Gasteiger partial charge in [0, 0.05) is 6.04 Å². The average molecular weight is 235 g/mol. The van der Waals surface area contributed by atoms with Crippen molar-refractivity contribution in [3.8, 4) is 0 Å². The van der Waals surface area contributed by atoms with Gasteiger partial charge in [0.1, 0.15) is 18.3 Å². The summed E-state index contributed by atoms with van der Waals surface area (Å²) in [4.78, 5) is 0. The van der Waals surface area contributed by atoms with Gasteiger partial charge in [0.2, 0.25) is 0 Å². The van der Waals surface area contributed by atoms with Crippen molar-refractivity contribution in [1.82, 2.24) is 5.32 Å². The minimum Gasteiger partial charge on any atom is -0.394 e. The molecule has 0 bridgehead atoms. The molecule has 1 aliphatic rings. The molecule has 1 unspecified atom stereocenters. The van der Waals surface area contributed by atoms with Gasteiger partial charge in [-0.1, -0.05) is 6.92 Å². The highest BCUT2D eigenvalue weighted by molar-refractivity contribution is 4.94. The summed E-state index contributed by atoms with van der Waals surface area (Å²) in [5.74, 6) is 0. The normalized spacial score (nSPS) is 42.0. The van der Waals surface area contributed by atoms with Crippen LogP contribution in [0, 0.1) is 0 Å². The van der Waals surface area contributed by atoms with Gasteiger partial charge in [-0.05, 0) is 13.3 Å². The second-order valence-corrected chi connectivity index (χ2v) is 4.23. The average Bonchev–Trinajstić information content (AvgIpc) is 2.28. The van der Waals surface area contributed by atoms with E-state index in [4.69, 9.17) is 9.84 Å². The Morgan fingerprint density at radius 2 is 1.88 bits per heavy atom. The molecular formula is C10H21NO5. The van der Waals surface area contributed by atoms with E-state index in [9.17, 15) is 15.3 Å². The molecule has 6 heteroatoms. The number of hydrogen-bond donors (Lipinski definition) is 5. The van der Waals surface area contributed by atoms with Crippen molar-refractivity contribution in [2.24, 2.45) is 0 Å². The number of rotatable bonds is 4. The van der Waals surface area contributed by atoms with Gasteiger partial charge in [0.05, 0.1) is 12.6 Å². The van der Waals surface area contributed by atoms with E-state index < -0.39 is 37.3 Å². The minimum atomic E-state index is -1.39. The standard InChI is InChI=1S/C10H21NO5/c1-3-5(2)11-7-8(13)6(4-12)16-10(15)9(7)14/h5-15H,3-4H2,1-2H3/t5?,6-,7-,8-,9-,10+/m1/s1. The van der Waals surface area contributed by atoms with Crippen LogP contribution in [0.2, 0.25) is 0 Å². The summed E-state index contributed by atoms with van der Waals surface area (Å²) in [6.07, 6.45) is -3.68. The molecule has 0 spiro atoms. The van der Waals surface area contributed by atoms with Gasteiger partial charge < -0.3 is 30.5 Å². The second-order valence-electron chi connectivity index (χ2n) is 4.23. The Morgan fingerprint density at radius 3 is 2.38 bits per heavy atom. The highest BCUT2D eigenvalue weighted by Crippen LogP contribution is 2.20. The zero-order valence-electron chi connectivity index (χ0n) is 9.58. The van der Waals surface area contributed by atoms with E-state index in [0.717, 1.165) is 6.42 Å². The third-order valence-electron chi connectivity index (χ3n) is 2.99. The number of aliphatic hydroxyl groups is 4. The lowest BCUT2D eigenvalue weighted by atomic mass is 9.95. The van der Waals surface area contributed by atoms with Crippen molar-refractivity contribution < 1.29 is 25.2 Å². The molecule has 1 saturated heterocycles. The molecule has 0 radical (unpaired) electrons. The van der Waals surface area contributed by atoms with Crippen molar-refractivity contribution >= 4 is 0 Å². The van der Waals surface area contributed by atoms with E-state index in [1.54, 1.807) is 0 Å². The van der Waals surface area contributed by atoms with E-state index in [-0.39, 0.29) is 6.04 Å². The van der Waals surface area contributed by atoms with Crippen LogP contribution in [0.15, 0.2) is 0 Å². The fourth-order valence-electron chi connectivity index (χ4n) is 1.75. The van der Waals surface area contributed by atoms with Crippen LogP contribution in [0.5, 0.6) is 0 Å². The molecule has 1 heterocycles. The van der Waals surface area contributed by atoms with Gasteiger partial charge in [-0.15, -0.1) is 0 Å². The number of ether oxygens (including phenoxy) is 1. The van der Waals surface area contributed by atoms with Crippen LogP contribution in [-0.2, 0) is 4.74 Å². The number of nitrogens with one attached hydrogen (secondary N) is 1. The lowest BCUT2D eigenvalue weighted by Gasteiger charge is -2.41. The van der Waals surface area contributed by atoms with Crippen LogP contribution in [0.25, 0.3) is 0 Å². The Balaban J connectivity index is 2.69. The zero-order chi connectivity index (χ0) is 12.3. The molecule has 1 rings (SSSR count). The van der Waals surface area contributed by atoms with Gasteiger partial charge in [-0.3, -0.25) is 0 Å². The molecule has 0 aromatic carbocycles. The molecule has 6 nitrogen and oxygen atoms in total. The summed E-state index contributed by atoms with van der Waals surface area (Å²) in [5.41, 5.74) is 0. The molecule has 5 N–H and O–H groups in total. The van der Waals surface area contributed by atoms with Crippen LogP contribution in [0.3, 0.4) is 0 Å². The van der Waals surface area contributed by atoms with Crippen LogP contribution in [0.4, 0.5) is 0 Å². The maximum absolute atomic E-state index is 9.84. The van der Waals surface area contributed by atoms with E-state index in [1.165, 1.54) is 0 Å². The maximum Gasteiger partial charge on any atom is 0.183 e. The van der Waals surface area contributed by atoms with Crippen molar-refractivity contribution in [2.75, 3.05) is 6.61 Å². The molecule has 0 saturated carbocycles. The van der Waals surface area contributed by atoms with E-state index >= 15 is 0 Å². The van der Waals surface area contributed by atoms with Gasteiger partial charge >= 0.3 is 0 Å². The zero-order valence-corrected chi connectivity index (χ0v) is 9.58. The first kappa shape index (κ1) is 13.8. The van der Waals surface area contributed by atoms with Crippen molar-refractivity contribution in [3.63, 3.8) is 0 Å². The highest BCUT2D eigenvalue weighted by atomic mass is 16.6. The molecule has 0 aliphatic carbocycles. The van der Waals surface area contributed by atoms with Gasteiger partial charge in [0.25, 0.3) is 0 Å². The minimum absolute atomic E-state index is 0.0962. The molecule has 1 aliphatic heterocycles. The van der Waals surface area contributed by atoms with Gasteiger partial charge in [-0.25, -0.2) is 0 Å². The lowest BCUT2D eigenvalue weighted by molar-refractivity contribution is -0.262. The Bertz CT molecular complexity index is 215. The Labute approximate surface area is 94.9 Å². The number of hydrogen-bond acceptors (Lipinski definition) is 6. The third-order valence-corrected chi connectivity index (χ3v) is 2.99. The topological polar surface area (TPSA) is 102 Å². The van der Waals surface area contributed by atoms with Crippen molar-refractivity contribution in [2.45, 2.75) is 57.0 Å². The van der Waals surface area contributed by atoms with E-state index in [1.807, 2.05) is 13.8 Å². The summed E-state index contributed by atoms with van der Waals surface area (Å²) in [6.45, 7) is 3.48. The fourth-order valence-corrected chi connectivity index (χ4v) is 1.75. The van der Waals surface area contributed by atoms with Crippen LogP contribution >= 0.6 is 0 Å². The lowest BCUT2D eigenvalue weighted by Crippen LogP contribution is -2.64. The smallest absolute Gasteiger partial charge is 0.183 e. The van der Waals surface area contributed by atoms with E-state index in [0.29, 0.717) is 0 Å². The summed E-state index contributed by atoms with van der Waals surface area (Å²) < 4.78 is 4.87. The molecular weight excluding hydrogens is 214 g/mol. The van der Waals surface area contributed by atoms with Crippen LogP contribution in [0.1, 0.15) is 20.3 Å². The first-order valence-electron chi connectivity index (χ1n) is 5.57. The maximum atomic E-state index is 9.84. The SMILES string of the molecule is CCC(C)N[C@H]1[C@@H](O)[C@@H](O)O[C@H](CO)[C@H]1O. The first-order chi connectivity index (χ1) is 7.51.